The van der Waals surface area contributed by atoms with E-state index in [0.29, 0.717) is 0 Å². The van der Waals surface area contributed by atoms with E-state index in [4.69, 9.17) is 11.6 Å². The monoisotopic (exact) mass is 343 g/mol. The summed E-state index contributed by atoms with van der Waals surface area (Å²) in [5, 5.41) is 12.4. The highest BCUT2D eigenvalue weighted by Crippen LogP contribution is 2.18. The summed E-state index contributed by atoms with van der Waals surface area (Å²) in [6, 6.07) is 16.1. The molecule has 0 saturated heterocycles. The Morgan fingerprint density at radius 2 is 1.75 bits per heavy atom. The van der Waals surface area contributed by atoms with Crippen molar-refractivity contribution in [1.82, 2.24) is 5.32 Å². The summed E-state index contributed by atoms with van der Waals surface area (Å²) >= 11 is 5.99. The molecule has 124 valence electrons. The first-order valence-corrected chi connectivity index (χ1v) is 7.82. The van der Waals surface area contributed by atoms with Gasteiger partial charge in [-0.2, -0.15) is 0 Å². The molecule has 2 N–H and O–H groups in total. The lowest BCUT2D eigenvalue weighted by Crippen LogP contribution is -2.51. The summed E-state index contributed by atoms with van der Waals surface area (Å²) < 4.78 is 0. The zero-order chi connectivity index (χ0) is 17.6. The fourth-order valence-corrected chi connectivity index (χ4v) is 2.37. The zero-order valence-corrected chi connectivity index (χ0v) is 14.0. The molecule has 2 aromatic carbocycles. The topological polar surface area (TPSA) is 66.4 Å². The Hall–Kier alpha value is -2.59. The number of carbonyl (C=O) groups is 2. The van der Waals surface area contributed by atoms with Gasteiger partial charge in [0.05, 0.1) is 10.6 Å². The number of amides is 1. The molecule has 1 amide bonds. The first kappa shape index (κ1) is 17.8. The van der Waals surface area contributed by atoms with Crippen LogP contribution in [0.15, 0.2) is 60.7 Å². The lowest BCUT2D eigenvalue weighted by Gasteiger charge is -2.25. The molecule has 0 aliphatic rings. The highest BCUT2D eigenvalue weighted by molar-refractivity contribution is 6.33. The van der Waals surface area contributed by atoms with E-state index in [0.717, 1.165) is 5.56 Å². The van der Waals surface area contributed by atoms with Gasteiger partial charge >= 0.3 is 5.97 Å². The van der Waals surface area contributed by atoms with Crippen molar-refractivity contribution in [1.29, 1.82) is 0 Å². The van der Waals surface area contributed by atoms with Gasteiger partial charge in [0.25, 0.3) is 5.91 Å². The van der Waals surface area contributed by atoms with E-state index in [2.05, 4.69) is 5.32 Å². The van der Waals surface area contributed by atoms with Crippen molar-refractivity contribution in [3.63, 3.8) is 0 Å². The molecule has 24 heavy (non-hydrogen) atoms. The standard InChI is InChI=1S/C19H18ClNO3/c1-19(18(23)24,13-7-10-14-8-3-2-4-9-14)21-17(22)15-11-5-6-12-16(15)20/h2-12H,13H2,1H3,(H,21,22)(H,23,24)/b10-7+/t19-/m0/s1. The van der Waals surface area contributed by atoms with E-state index < -0.39 is 17.4 Å². The van der Waals surface area contributed by atoms with E-state index in [1.165, 1.54) is 6.92 Å². The molecule has 0 spiro atoms. The number of carbonyl (C=O) groups excluding carboxylic acids is 1. The number of carboxylic acids is 1. The van der Waals surface area contributed by atoms with Gasteiger partial charge in [-0.3, -0.25) is 4.79 Å². The van der Waals surface area contributed by atoms with Crippen LogP contribution in [0.4, 0.5) is 0 Å². The van der Waals surface area contributed by atoms with Crippen LogP contribution in [0.1, 0.15) is 29.3 Å². The van der Waals surface area contributed by atoms with Crippen LogP contribution in [-0.2, 0) is 4.79 Å². The van der Waals surface area contributed by atoms with E-state index >= 15 is 0 Å². The van der Waals surface area contributed by atoms with Gasteiger partial charge in [-0.15, -0.1) is 0 Å². The minimum Gasteiger partial charge on any atom is -0.480 e. The molecule has 0 saturated carbocycles. The molecule has 0 heterocycles. The van der Waals surface area contributed by atoms with Gasteiger partial charge in [0.2, 0.25) is 0 Å². The Balaban J connectivity index is 2.13. The molecule has 0 aromatic heterocycles. The summed E-state index contributed by atoms with van der Waals surface area (Å²) in [6.45, 7) is 1.47. The molecule has 2 rings (SSSR count). The third kappa shape index (κ3) is 4.46. The van der Waals surface area contributed by atoms with Crippen LogP contribution in [-0.4, -0.2) is 22.5 Å². The maximum absolute atomic E-state index is 12.3. The van der Waals surface area contributed by atoms with Crippen LogP contribution in [0, 0.1) is 0 Å². The van der Waals surface area contributed by atoms with E-state index in [9.17, 15) is 14.7 Å². The zero-order valence-electron chi connectivity index (χ0n) is 13.2. The van der Waals surface area contributed by atoms with Crippen molar-refractivity contribution >= 4 is 29.6 Å². The quantitative estimate of drug-likeness (QED) is 0.832. The van der Waals surface area contributed by atoms with Crippen molar-refractivity contribution in [3.05, 3.63) is 76.8 Å². The lowest BCUT2D eigenvalue weighted by atomic mass is 9.96. The van der Waals surface area contributed by atoms with Gasteiger partial charge in [0.1, 0.15) is 5.54 Å². The first-order chi connectivity index (χ1) is 11.4. The second kappa shape index (κ2) is 7.79. The Bertz CT molecular complexity index is 758. The molecular formula is C19H18ClNO3. The maximum atomic E-state index is 12.3. The summed E-state index contributed by atoms with van der Waals surface area (Å²) in [6.07, 6.45) is 3.70. The number of hydrogen-bond acceptors (Lipinski definition) is 2. The Kier molecular flexibility index (Phi) is 5.77. The number of nitrogens with one attached hydrogen (secondary N) is 1. The van der Waals surface area contributed by atoms with Gasteiger partial charge < -0.3 is 10.4 Å². The Morgan fingerprint density at radius 1 is 1.12 bits per heavy atom. The number of rotatable bonds is 6. The molecular weight excluding hydrogens is 326 g/mol. The van der Waals surface area contributed by atoms with Crippen molar-refractivity contribution in [2.24, 2.45) is 0 Å². The highest BCUT2D eigenvalue weighted by atomic mass is 35.5. The lowest BCUT2D eigenvalue weighted by molar-refractivity contribution is -0.143. The van der Waals surface area contributed by atoms with Gasteiger partial charge in [-0.1, -0.05) is 66.2 Å². The Labute approximate surface area is 145 Å². The summed E-state index contributed by atoms with van der Waals surface area (Å²) in [4.78, 5) is 24.0. The molecule has 0 fully saturated rings. The van der Waals surface area contributed by atoms with Crippen molar-refractivity contribution in [3.8, 4) is 0 Å². The third-order valence-electron chi connectivity index (χ3n) is 3.62. The molecule has 0 bridgehead atoms. The van der Waals surface area contributed by atoms with Gasteiger partial charge in [-0.05, 0) is 31.0 Å². The van der Waals surface area contributed by atoms with Gasteiger partial charge in [-0.25, -0.2) is 4.79 Å². The predicted octanol–water partition coefficient (Wildman–Crippen LogP) is 4.02. The molecule has 0 aliphatic carbocycles. The molecule has 4 nitrogen and oxygen atoms in total. The number of aliphatic carboxylic acids is 1. The Morgan fingerprint density at radius 3 is 2.38 bits per heavy atom. The SMILES string of the molecule is C[C@@](C/C=C/c1ccccc1)(NC(=O)c1ccccc1Cl)C(=O)O. The van der Waals surface area contributed by atoms with Crippen LogP contribution in [0.5, 0.6) is 0 Å². The minimum absolute atomic E-state index is 0.146. The molecule has 0 radical (unpaired) electrons. The van der Waals surface area contributed by atoms with Crippen molar-refractivity contribution in [2.45, 2.75) is 18.9 Å². The fraction of sp³-hybridized carbons (Fsp3) is 0.158. The third-order valence-corrected chi connectivity index (χ3v) is 3.95. The number of halogens is 1. The summed E-state index contributed by atoms with van der Waals surface area (Å²) in [5.41, 5.74) is -0.219. The molecule has 5 heteroatoms. The van der Waals surface area contributed by atoms with Crippen LogP contribution in [0.2, 0.25) is 5.02 Å². The smallest absolute Gasteiger partial charge is 0.329 e. The average Bonchev–Trinajstić information content (AvgIpc) is 2.56. The van der Waals surface area contributed by atoms with Crippen molar-refractivity contribution < 1.29 is 14.7 Å². The van der Waals surface area contributed by atoms with Crippen LogP contribution >= 0.6 is 11.6 Å². The number of hydrogen-bond donors (Lipinski definition) is 2. The second-order valence-corrected chi connectivity index (χ2v) is 6.00. The van der Waals surface area contributed by atoms with E-state index in [1.54, 1.807) is 30.3 Å². The van der Waals surface area contributed by atoms with Crippen LogP contribution in [0.3, 0.4) is 0 Å². The minimum atomic E-state index is -1.43. The molecule has 1 atom stereocenters. The maximum Gasteiger partial charge on any atom is 0.329 e. The first-order valence-electron chi connectivity index (χ1n) is 7.44. The average molecular weight is 344 g/mol. The predicted molar refractivity (Wildman–Crippen MR) is 95.1 cm³/mol. The van der Waals surface area contributed by atoms with E-state index in [-0.39, 0.29) is 17.0 Å². The molecule has 0 aliphatic heterocycles. The fourth-order valence-electron chi connectivity index (χ4n) is 2.15. The van der Waals surface area contributed by atoms with Gasteiger partial charge in [0, 0.05) is 0 Å². The number of benzene rings is 2. The van der Waals surface area contributed by atoms with Crippen LogP contribution < -0.4 is 5.32 Å². The van der Waals surface area contributed by atoms with Crippen molar-refractivity contribution in [2.75, 3.05) is 0 Å². The highest BCUT2D eigenvalue weighted by Gasteiger charge is 2.34. The normalized spacial score (nSPS) is 13.4. The largest absolute Gasteiger partial charge is 0.480 e. The summed E-state index contributed by atoms with van der Waals surface area (Å²) in [5.74, 6) is -1.63. The second-order valence-electron chi connectivity index (χ2n) is 5.59. The summed E-state index contributed by atoms with van der Waals surface area (Å²) in [7, 11) is 0. The molecule has 2 aromatic rings. The van der Waals surface area contributed by atoms with Crippen LogP contribution in [0.25, 0.3) is 6.08 Å². The number of carboxylic acid groups (broad SMARTS) is 1. The molecule has 0 unspecified atom stereocenters. The van der Waals surface area contributed by atoms with E-state index in [1.807, 2.05) is 36.4 Å². The van der Waals surface area contributed by atoms with Gasteiger partial charge in [0.15, 0.2) is 0 Å².